The molecule has 0 heterocycles. The number of ether oxygens (including phenoxy) is 1. The van der Waals surface area contributed by atoms with E-state index in [9.17, 15) is 18.0 Å². The molecular weight excluding hydrogens is 468 g/mol. The van der Waals surface area contributed by atoms with Crippen LogP contribution in [0, 0.1) is 5.41 Å². The Balaban J connectivity index is 2.14. The van der Waals surface area contributed by atoms with E-state index in [4.69, 9.17) is 39.5 Å². The van der Waals surface area contributed by atoms with Gasteiger partial charge < -0.3 is 4.74 Å². The summed E-state index contributed by atoms with van der Waals surface area (Å²) in [7, 11) is 0. The van der Waals surface area contributed by atoms with E-state index in [1.807, 2.05) is 0 Å². The highest BCUT2D eigenvalue weighted by molar-refractivity contribution is 8.00. The largest absolute Gasteiger partial charge is 0.465 e. The van der Waals surface area contributed by atoms with Gasteiger partial charge in [-0.25, -0.2) is 0 Å². The highest BCUT2D eigenvalue weighted by Crippen LogP contribution is 2.38. The Labute approximate surface area is 186 Å². The molecule has 0 bridgehead atoms. The molecule has 2 rings (SSSR count). The summed E-state index contributed by atoms with van der Waals surface area (Å²) in [6, 6.07) is 9.22. The fourth-order valence-corrected chi connectivity index (χ4v) is 3.75. The third-order valence-electron chi connectivity index (χ3n) is 3.85. The van der Waals surface area contributed by atoms with Crippen molar-refractivity contribution >= 4 is 52.3 Å². The molecule has 2 nitrogen and oxygen atoms in total. The minimum Gasteiger partial charge on any atom is -0.465 e. The quantitative estimate of drug-likeness (QED) is 0.309. The molecule has 0 aliphatic heterocycles. The van der Waals surface area contributed by atoms with Gasteiger partial charge in [-0.1, -0.05) is 73.8 Å². The fraction of sp³-hybridized carbons (Fsp3) is 0.350. The summed E-state index contributed by atoms with van der Waals surface area (Å²) in [6.45, 7) is 5.18. The second kappa shape index (κ2) is 9.38. The second-order valence-electron chi connectivity index (χ2n) is 7.27. The van der Waals surface area contributed by atoms with Crippen molar-refractivity contribution in [2.75, 3.05) is 0 Å². The Hall–Kier alpha value is -1.08. The molecule has 0 radical (unpaired) electrons. The van der Waals surface area contributed by atoms with Gasteiger partial charge in [0.2, 0.25) is 5.56 Å². The van der Waals surface area contributed by atoms with Gasteiger partial charge in [-0.15, -0.1) is 0 Å². The van der Waals surface area contributed by atoms with Gasteiger partial charge in [-0.3, -0.25) is 4.79 Å². The third-order valence-corrected chi connectivity index (χ3v) is 5.78. The Morgan fingerprint density at radius 3 is 2.14 bits per heavy atom. The topological polar surface area (TPSA) is 26.3 Å². The van der Waals surface area contributed by atoms with Crippen LogP contribution in [0.25, 0.3) is 0 Å². The molecule has 0 amide bonds. The van der Waals surface area contributed by atoms with Crippen LogP contribution in [0.2, 0.25) is 10.0 Å². The highest BCUT2D eigenvalue weighted by atomic mass is 35.5. The maximum absolute atomic E-state index is 12.4. The molecule has 0 aromatic heterocycles. The molecule has 2 aromatic carbocycles. The zero-order valence-electron chi connectivity index (χ0n) is 15.7. The van der Waals surface area contributed by atoms with Crippen LogP contribution in [-0.2, 0) is 11.2 Å². The van der Waals surface area contributed by atoms with Crippen molar-refractivity contribution in [2.24, 2.45) is 5.41 Å². The molecule has 0 fully saturated rings. The monoisotopic (exact) mass is 484 g/mol. The first-order chi connectivity index (χ1) is 13.3. The number of rotatable bonds is 6. The van der Waals surface area contributed by atoms with E-state index >= 15 is 0 Å². The fourth-order valence-electron chi connectivity index (χ4n) is 2.33. The Kier molecular flexibility index (Phi) is 7.82. The predicted molar refractivity (Wildman–Crippen MR) is 112 cm³/mol. The molecule has 0 spiro atoms. The summed E-state index contributed by atoms with van der Waals surface area (Å²) < 4.78 is 42.7. The number of benzene rings is 2. The van der Waals surface area contributed by atoms with E-state index in [2.05, 4.69) is 0 Å². The number of halogens is 6. The zero-order chi connectivity index (χ0) is 22.0. The lowest BCUT2D eigenvalue weighted by Gasteiger charge is -2.22. The van der Waals surface area contributed by atoms with Gasteiger partial charge in [-0.2, -0.15) is 13.2 Å². The van der Waals surface area contributed by atoms with Crippen LogP contribution in [0.4, 0.5) is 13.2 Å². The zero-order valence-corrected chi connectivity index (χ0v) is 18.8. The van der Waals surface area contributed by atoms with Gasteiger partial charge in [-0.05, 0) is 47.5 Å². The van der Waals surface area contributed by atoms with Crippen LogP contribution >= 0.6 is 46.6 Å². The molecule has 0 aliphatic carbocycles. The Morgan fingerprint density at radius 2 is 1.62 bits per heavy atom. The number of Topliss-reactive ketones (excluding diaryl/α,β-unsaturated/α-hetero) is 1. The van der Waals surface area contributed by atoms with Crippen molar-refractivity contribution in [3.05, 3.63) is 57.6 Å². The van der Waals surface area contributed by atoms with Gasteiger partial charge in [0.25, 0.3) is 0 Å². The van der Waals surface area contributed by atoms with Gasteiger partial charge in [0.1, 0.15) is 10.8 Å². The lowest BCUT2D eigenvalue weighted by Crippen LogP contribution is -2.32. The molecule has 0 saturated carbocycles. The number of ketones is 1. The first-order valence-corrected chi connectivity index (χ1v) is 10.5. The van der Waals surface area contributed by atoms with Gasteiger partial charge in [0.05, 0.1) is 5.02 Å². The summed E-state index contributed by atoms with van der Waals surface area (Å²) in [4.78, 5) is 12.3. The number of thioether (sulfide) groups is 1. The molecule has 158 valence electrons. The first kappa shape index (κ1) is 24.2. The van der Waals surface area contributed by atoms with E-state index in [1.54, 1.807) is 45.0 Å². The third kappa shape index (κ3) is 6.99. The van der Waals surface area contributed by atoms with Crippen molar-refractivity contribution in [3.63, 3.8) is 0 Å². The van der Waals surface area contributed by atoms with E-state index in [0.717, 1.165) is 5.56 Å². The summed E-state index contributed by atoms with van der Waals surface area (Å²) in [5, 5.41) is 0.339. The number of hydrogen-bond acceptors (Lipinski definition) is 3. The van der Waals surface area contributed by atoms with Crippen molar-refractivity contribution in [1.82, 2.24) is 0 Å². The van der Waals surface area contributed by atoms with Gasteiger partial charge >= 0.3 is 5.51 Å². The maximum Gasteiger partial charge on any atom is 0.446 e. The smallest absolute Gasteiger partial charge is 0.446 e. The van der Waals surface area contributed by atoms with Crippen molar-refractivity contribution < 1.29 is 22.7 Å². The van der Waals surface area contributed by atoms with E-state index in [0.29, 0.717) is 12.0 Å². The van der Waals surface area contributed by atoms with Crippen LogP contribution in [0.15, 0.2) is 41.3 Å². The lowest BCUT2D eigenvalue weighted by atomic mass is 9.91. The van der Waals surface area contributed by atoms with Gasteiger partial charge in [0.15, 0.2) is 5.78 Å². The highest BCUT2D eigenvalue weighted by Gasteiger charge is 2.31. The normalized spacial score (nSPS) is 13.3. The van der Waals surface area contributed by atoms with Crippen LogP contribution in [0.1, 0.15) is 31.9 Å². The first-order valence-electron chi connectivity index (χ1n) is 8.44. The summed E-state index contributed by atoms with van der Waals surface area (Å²) in [5.41, 5.74) is -4.80. The Bertz CT molecular complexity index is 878. The number of alkyl halides is 4. The predicted octanol–water partition coefficient (Wildman–Crippen LogP) is 7.76. The standard InChI is InChI=1S/C20H18Cl3F3O2S/c1-19(2,3)17(27)18(23)28-14-9-6-12(15(21)16(14)22)10-11-4-7-13(8-5-11)29-20(24,25)26/h4-9,18H,10H2,1-3H3. The van der Waals surface area contributed by atoms with E-state index < -0.39 is 16.5 Å². The maximum atomic E-state index is 12.4. The van der Waals surface area contributed by atoms with E-state index in [1.165, 1.54) is 12.1 Å². The average molecular weight is 486 g/mol. The van der Waals surface area contributed by atoms with Crippen LogP contribution in [0.3, 0.4) is 0 Å². The SMILES string of the molecule is CC(C)(C)C(=O)C(Cl)Oc1ccc(Cc2ccc(SC(F)(F)F)cc2)c(Cl)c1Cl. The van der Waals surface area contributed by atoms with Crippen LogP contribution in [0.5, 0.6) is 5.75 Å². The van der Waals surface area contributed by atoms with Crippen molar-refractivity contribution in [1.29, 1.82) is 0 Å². The minimum atomic E-state index is -4.33. The summed E-state index contributed by atoms with van der Waals surface area (Å²) in [6.07, 6.45) is 0.362. The molecule has 0 aliphatic rings. The number of carbonyl (C=O) groups is 1. The molecule has 9 heteroatoms. The molecule has 0 saturated heterocycles. The molecule has 0 N–H and O–H groups in total. The number of carbonyl (C=O) groups excluding carboxylic acids is 1. The van der Waals surface area contributed by atoms with Crippen LogP contribution < -0.4 is 4.74 Å². The summed E-state index contributed by atoms with van der Waals surface area (Å²) in [5.74, 6) is -0.123. The lowest BCUT2D eigenvalue weighted by molar-refractivity contribution is -0.130. The molecule has 1 unspecified atom stereocenters. The molecular formula is C20H18Cl3F3O2S. The minimum absolute atomic E-state index is 0.103. The Morgan fingerprint density at radius 1 is 1.03 bits per heavy atom. The summed E-state index contributed by atoms with van der Waals surface area (Å²) >= 11 is 18.5. The average Bonchev–Trinajstić information content (AvgIpc) is 2.60. The van der Waals surface area contributed by atoms with Crippen LogP contribution in [-0.4, -0.2) is 16.9 Å². The molecule has 2 aromatic rings. The van der Waals surface area contributed by atoms with Crippen molar-refractivity contribution in [3.8, 4) is 5.75 Å². The second-order valence-corrected chi connectivity index (χ2v) is 9.56. The molecule has 29 heavy (non-hydrogen) atoms. The number of hydrogen-bond donors (Lipinski definition) is 0. The van der Waals surface area contributed by atoms with E-state index in [-0.39, 0.29) is 38.2 Å². The molecule has 1 atom stereocenters. The van der Waals surface area contributed by atoms with Crippen molar-refractivity contribution in [2.45, 2.75) is 43.2 Å². The van der Waals surface area contributed by atoms with Gasteiger partial charge in [0, 0.05) is 10.3 Å².